The van der Waals surface area contributed by atoms with Gasteiger partial charge >= 0.3 is 10.2 Å². The van der Waals surface area contributed by atoms with E-state index in [4.69, 9.17) is 0 Å². The Morgan fingerprint density at radius 3 is 2.43 bits per heavy atom. The average molecular weight is 438 g/mol. The van der Waals surface area contributed by atoms with Gasteiger partial charge in [-0.05, 0) is 52.5 Å². The van der Waals surface area contributed by atoms with Crippen LogP contribution in [0.2, 0.25) is 0 Å². The number of halogens is 5. The third-order valence-electron chi connectivity index (χ3n) is 4.33. The van der Waals surface area contributed by atoms with Crippen molar-refractivity contribution in [2.45, 2.75) is 36.4 Å². The second-order valence-electron chi connectivity index (χ2n) is 6.60. The van der Waals surface area contributed by atoms with Gasteiger partial charge in [0.1, 0.15) is 4.90 Å². The van der Waals surface area contributed by atoms with Gasteiger partial charge in [0, 0.05) is 23.7 Å². The Bertz CT molecular complexity index is 968. The largest absolute Gasteiger partial charge is 0.310 e. The molecule has 0 radical (unpaired) electrons. The van der Waals surface area contributed by atoms with Gasteiger partial charge < -0.3 is 0 Å². The number of hydrogen-bond donors (Lipinski definition) is 1. The number of rotatable bonds is 7. The highest BCUT2D eigenvalue weighted by atomic mass is 32.5. The molecule has 1 aliphatic carbocycles. The number of nitrogens with one attached hydrogen (secondary N) is 1. The van der Waals surface area contributed by atoms with E-state index in [0.717, 1.165) is 30.5 Å². The molecule has 1 atom stereocenters. The van der Waals surface area contributed by atoms with Crippen LogP contribution in [0.4, 0.5) is 19.4 Å². The van der Waals surface area contributed by atoms with E-state index in [0.29, 0.717) is 23.5 Å². The molecule has 1 aromatic carbocycles. The fourth-order valence-corrected chi connectivity index (χ4v) is 3.98. The molecule has 1 fully saturated rings. The molecule has 0 aliphatic heterocycles. The van der Waals surface area contributed by atoms with E-state index in [1.807, 2.05) is 5.38 Å². The zero-order chi connectivity index (χ0) is 20.1. The number of benzene rings is 1. The normalized spacial score (nSPS) is 18.5. The van der Waals surface area contributed by atoms with E-state index in [1.54, 1.807) is 10.9 Å². The second kappa shape index (κ2) is 5.94. The summed E-state index contributed by atoms with van der Waals surface area (Å²) in [5.74, 6) is 0.575. The lowest BCUT2D eigenvalue weighted by atomic mass is 10.1. The summed E-state index contributed by atoms with van der Waals surface area (Å²) in [6.07, 6.45) is 3.61. The number of aromatic nitrogens is 5. The molecule has 0 bridgehead atoms. The molecule has 0 amide bonds. The van der Waals surface area contributed by atoms with Gasteiger partial charge in [0.2, 0.25) is 0 Å². The van der Waals surface area contributed by atoms with Crippen molar-refractivity contribution in [1.29, 1.82) is 0 Å². The van der Waals surface area contributed by atoms with E-state index >= 15 is 0 Å². The van der Waals surface area contributed by atoms with Crippen molar-refractivity contribution in [3.05, 3.63) is 52.8 Å². The molecule has 1 saturated carbocycles. The maximum atomic E-state index is 12.8. The molecule has 0 spiro atoms. The third-order valence-corrected chi connectivity index (χ3v) is 6.10. The van der Waals surface area contributed by atoms with Crippen LogP contribution in [-0.4, -0.2) is 24.6 Å². The van der Waals surface area contributed by atoms with Gasteiger partial charge in [0.05, 0.1) is 12.1 Å². The first-order valence-corrected chi connectivity index (χ1v) is 11.0. The van der Waals surface area contributed by atoms with E-state index in [9.17, 15) is 19.4 Å². The monoisotopic (exact) mass is 438 g/mol. The van der Waals surface area contributed by atoms with Crippen LogP contribution in [0.1, 0.15) is 41.9 Å². The number of tetrazole rings is 1. The lowest BCUT2D eigenvalue weighted by Crippen LogP contribution is -2.25. The summed E-state index contributed by atoms with van der Waals surface area (Å²) < 4.78 is 70.0. The highest BCUT2D eigenvalue weighted by molar-refractivity contribution is 8.45. The van der Waals surface area contributed by atoms with Crippen LogP contribution in [0.15, 0.2) is 40.7 Å². The molecule has 0 saturated heterocycles. The lowest BCUT2D eigenvalue weighted by Gasteiger charge is -2.40. The van der Waals surface area contributed by atoms with Crippen LogP contribution < -0.4 is 5.32 Å². The average Bonchev–Trinajstić information content (AvgIpc) is 3.10. The van der Waals surface area contributed by atoms with Crippen molar-refractivity contribution >= 4 is 21.8 Å². The number of hydrogen-bond acceptors (Lipinski definition) is 6. The molecule has 1 N–H and O–H groups in total. The van der Waals surface area contributed by atoms with Crippen molar-refractivity contribution in [2.75, 3.05) is 0 Å². The molecule has 152 valence electrons. The van der Waals surface area contributed by atoms with Crippen molar-refractivity contribution in [1.82, 2.24) is 29.9 Å². The van der Waals surface area contributed by atoms with Crippen LogP contribution in [0.25, 0.3) is 0 Å². The molecule has 4 rings (SSSR count). The van der Waals surface area contributed by atoms with E-state index in [1.165, 1.54) is 11.5 Å². The fourth-order valence-electron chi connectivity index (χ4n) is 2.77. The molecule has 13 heteroatoms. The second-order valence-corrected chi connectivity index (χ2v) is 9.66. The number of nitrogens with zero attached hydrogens (tertiary/aromatic N) is 5. The Kier molecular flexibility index (Phi) is 4.07. The van der Waals surface area contributed by atoms with Gasteiger partial charge in [-0.2, -0.15) is 0 Å². The minimum atomic E-state index is -9.67. The predicted octanol–water partition coefficient (Wildman–Crippen LogP) is 5.00. The first-order chi connectivity index (χ1) is 13.0. The van der Waals surface area contributed by atoms with E-state index < -0.39 is 21.2 Å². The molecule has 1 aliphatic rings. The minimum Gasteiger partial charge on any atom is -0.299 e. The minimum absolute atomic E-state index is 0.138. The van der Waals surface area contributed by atoms with Crippen molar-refractivity contribution in [3.63, 3.8) is 0 Å². The summed E-state index contributed by atoms with van der Waals surface area (Å²) in [6.45, 7) is 0.138. The van der Waals surface area contributed by atoms with E-state index in [-0.39, 0.29) is 12.6 Å². The fraction of sp³-hybridized carbons (Fsp3) is 0.333. The Balaban J connectivity index is 1.55. The standard InChI is InChI=1S/C15H15F5N6S2/c16-28(17,18,19,20)13-5-1-10(2-6-13)7-21-14(11-8-22-27-9-11)15-23-24-25-26(15)12-3-4-12/h1-2,5-6,8-9,12,14,21H,3-4,7H2. The molecule has 28 heavy (non-hydrogen) atoms. The van der Waals surface area contributed by atoms with Crippen molar-refractivity contribution in [2.24, 2.45) is 0 Å². The SMILES string of the molecule is FS(F)(F)(F)(F)c1ccc(CNC(c2cnsc2)c2nnnn2C2CC2)cc1. The third kappa shape index (κ3) is 4.15. The molecule has 2 heterocycles. The van der Waals surface area contributed by atoms with Gasteiger partial charge in [-0.15, -0.1) is 5.10 Å². The Hall–Kier alpha value is -2.12. The summed E-state index contributed by atoms with van der Waals surface area (Å²) in [6, 6.07) is 2.70. The Morgan fingerprint density at radius 2 is 1.86 bits per heavy atom. The molecule has 3 aromatic rings. The quantitative estimate of drug-likeness (QED) is 0.526. The van der Waals surface area contributed by atoms with Gasteiger partial charge in [0.15, 0.2) is 5.82 Å². The van der Waals surface area contributed by atoms with Crippen LogP contribution >= 0.6 is 21.8 Å². The molecular weight excluding hydrogens is 423 g/mol. The zero-order valence-electron chi connectivity index (χ0n) is 14.2. The van der Waals surface area contributed by atoms with Crippen LogP contribution in [0, 0.1) is 0 Å². The van der Waals surface area contributed by atoms with E-state index in [2.05, 4.69) is 25.2 Å². The highest BCUT2D eigenvalue weighted by Crippen LogP contribution is 3.02. The van der Waals surface area contributed by atoms with Crippen LogP contribution in [0.3, 0.4) is 0 Å². The van der Waals surface area contributed by atoms with Gasteiger partial charge in [-0.25, -0.2) is 9.06 Å². The molecular formula is C15H15F5N6S2. The van der Waals surface area contributed by atoms with Crippen LogP contribution in [-0.2, 0) is 6.54 Å². The molecule has 6 nitrogen and oxygen atoms in total. The van der Waals surface area contributed by atoms with Gasteiger partial charge in [-0.3, -0.25) is 5.32 Å². The van der Waals surface area contributed by atoms with Crippen LogP contribution in [0.5, 0.6) is 0 Å². The predicted molar refractivity (Wildman–Crippen MR) is 94.7 cm³/mol. The molecule has 1 unspecified atom stereocenters. The highest BCUT2D eigenvalue weighted by Gasteiger charge is 2.65. The first kappa shape index (κ1) is 19.2. The summed E-state index contributed by atoms with van der Waals surface area (Å²) in [7, 11) is -9.67. The summed E-state index contributed by atoms with van der Waals surface area (Å²) in [5, 5.41) is 16.8. The van der Waals surface area contributed by atoms with Crippen molar-refractivity contribution < 1.29 is 19.4 Å². The molecule has 2 aromatic heterocycles. The topological polar surface area (TPSA) is 68.5 Å². The van der Waals surface area contributed by atoms with Gasteiger partial charge in [-0.1, -0.05) is 31.6 Å². The smallest absolute Gasteiger partial charge is 0.299 e. The Labute approximate surface area is 160 Å². The summed E-state index contributed by atoms with van der Waals surface area (Å²) in [5.41, 5.74) is 1.23. The van der Waals surface area contributed by atoms with Crippen molar-refractivity contribution in [3.8, 4) is 0 Å². The maximum Gasteiger partial charge on any atom is 0.310 e. The lowest BCUT2D eigenvalue weighted by molar-refractivity contribution is 0.364. The first-order valence-electron chi connectivity index (χ1n) is 8.25. The zero-order valence-corrected chi connectivity index (χ0v) is 15.8. The summed E-state index contributed by atoms with van der Waals surface area (Å²) >= 11 is 1.25. The van der Waals surface area contributed by atoms with Gasteiger partial charge in [0.25, 0.3) is 0 Å². The summed E-state index contributed by atoms with van der Waals surface area (Å²) in [4.78, 5) is -1.90. The Morgan fingerprint density at radius 1 is 1.14 bits per heavy atom. The maximum absolute atomic E-state index is 12.8.